The number of thioether (sulfide) groups is 1. The van der Waals surface area contributed by atoms with Crippen LogP contribution in [-0.2, 0) is 4.74 Å². The van der Waals surface area contributed by atoms with E-state index in [-0.39, 0.29) is 6.10 Å². The molecule has 1 saturated heterocycles. The molecule has 1 aliphatic heterocycles. The van der Waals surface area contributed by atoms with Crippen LogP contribution in [0.4, 0.5) is 0 Å². The van der Waals surface area contributed by atoms with Crippen LogP contribution in [0.1, 0.15) is 19.8 Å². The lowest BCUT2D eigenvalue weighted by Gasteiger charge is -2.04. The molecule has 0 aromatic rings. The molecule has 1 heterocycles. The Balaban J connectivity index is 2.29. The molecule has 0 spiro atoms. The second kappa shape index (κ2) is 3.71. The summed E-state index contributed by atoms with van der Waals surface area (Å²) in [6, 6.07) is 0. The third-order valence-corrected chi connectivity index (χ3v) is 2.32. The molecule has 0 aromatic heterocycles. The molecule has 10 heavy (non-hydrogen) atoms. The average molecular weight is 161 g/mol. The van der Waals surface area contributed by atoms with E-state index in [2.05, 4.69) is 12.1 Å². The van der Waals surface area contributed by atoms with Crippen molar-refractivity contribution in [3.05, 3.63) is 0 Å². The Bertz CT molecular complexity index is 138. The van der Waals surface area contributed by atoms with Gasteiger partial charge in [0.15, 0.2) is 0 Å². The first kappa shape index (κ1) is 7.72. The standard InChI is InChI=1S/C6H11NO2S/c1-2-3-5-4-10-6(7-8)9-5/h5,8H,2-4H2,1H3/b7-6+. The van der Waals surface area contributed by atoms with E-state index < -0.39 is 0 Å². The molecule has 0 saturated carbocycles. The minimum absolute atomic E-state index is 0.265. The lowest BCUT2D eigenvalue weighted by Crippen LogP contribution is -2.08. The van der Waals surface area contributed by atoms with Gasteiger partial charge in [-0.25, -0.2) is 0 Å². The van der Waals surface area contributed by atoms with E-state index in [4.69, 9.17) is 9.94 Å². The zero-order chi connectivity index (χ0) is 7.40. The predicted octanol–water partition coefficient (Wildman–Crippen LogP) is 1.66. The minimum Gasteiger partial charge on any atom is -0.467 e. The molecule has 0 aliphatic carbocycles. The topological polar surface area (TPSA) is 41.8 Å². The summed E-state index contributed by atoms with van der Waals surface area (Å²) in [6.07, 6.45) is 2.43. The largest absolute Gasteiger partial charge is 0.467 e. The fraction of sp³-hybridized carbons (Fsp3) is 0.833. The third kappa shape index (κ3) is 1.80. The SMILES string of the molecule is CCCC1CS/C(=N/O)O1. The minimum atomic E-state index is 0.265. The molecular formula is C6H11NO2S. The van der Waals surface area contributed by atoms with Crippen LogP contribution in [0.3, 0.4) is 0 Å². The molecule has 0 radical (unpaired) electrons. The van der Waals surface area contributed by atoms with Gasteiger partial charge in [-0.2, -0.15) is 0 Å². The normalized spacial score (nSPS) is 28.9. The van der Waals surface area contributed by atoms with Crippen molar-refractivity contribution in [2.24, 2.45) is 5.16 Å². The molecule has 1 unspecified atom stereocenters. The molecule has 3 nitrogen and oxygen atoms in total. The highest BCUT2D eigenvalue weighted by molar-refractivity contribution is 8.13. The number of rotatable bonds is 2. The Hall–Kier alpha value is -0.380. The van der Waals surface area contributed by atoms with Crippen LogP contribution >= 0.6 is 11.8 Å². The molecule has 1 rings (SSSR count). The summed E-state index contributed by atoms with van der Waals surface area (Å²) in [5.41, 5.74) is 0. The van der Waals surface area contributed by atoms with Gasteiger partial charge in [-0.3, -0.25) is 0 Å². The van der Waals surface area contributed by atoms with Gasteiger partial charge in [0.05, 0.1) is 0 Å². The first-order chi connectivity index (χ1) is 4.86. The number of oxime groups is 1. The molecule has 4 heteroatoms. The van der Waals surface area contributed by atoms with Crippen molar-refractivity contribution in [3.63, 3.8) is 0 Å². The van der Waals surface area contributed by atoms with Crippen LogP contribution in [0.2, 0.25) is 0 Å². The van der Waals surface area contributed by atoms with Crippen molar-refractivity contribution < 1.29 is 9.94 Å². The van der Waals surface area contributed by atoms with Crippen LogP contribution in [0.25, 0.3) is 0 Å². The van der Waals surface area contributed by atoms with Gasteiger partial charge in [-0.15, -0.1) is 0 Å². The van der Waals surface area contributed by atoms with Gasteiger partial charge in [0.1, 0.15) is 6.10 Å². The smallest absolute Gasteiger partial charge is 0.286 e. The monoisotopic (exact) mass is 161 g/mol. The first-order valence-electron chi connectivity index (χ1n) is 3.38. The highest BCUT2D eigenvalue weighted by Crippen LogP contribution is 2.22. The van der Waals surface area contributed by atoms with Crippen molar-refractivity contribution in [1.29, 1.82) is 0 Å². The zero-order valence-corrected chi connectivity index (χ0v) is 6.73. The van der Waals surface area contributed by atoms with Crippen LogP contribution in [-0.4, -0.2) is 22.3 Å². The highest BCUT2D eigenvalue weighted by atomic mass is 32.2. The van der Waals surface area contributed by atoms with Gasteiger partial charge in [-0.1, -0.05) is 25.1 Å². The molecule has 1 atom stereocenters. The average Bonchev–Trinajstić information content (AvgIpc) is 2.37. The molecular weight excluding hydrogens is 150 g/mol. The van der Waals surface area contributed by atoms with Gasteiger partial charge in [0, 0.05) is 5.75 Å². The zero-order valence-electron chi connectivity index (χ0n) is 5.91. The second-order valence-electron chi connectivity index (χ2n) is 2.21. The van der Waals surface area contributed by atoms with Gasteiger partial charge in [0.2, 0.25) is 0 Å². The summed E-state index contributed by atoms with van der Waals surface area (Å²) in [6.45, 7) is 2.11. The highest BCUT2D eigenvalue weighted by Gasteiger charge is 2.21. The molecule has 1 N–H and O–H groups in total. The Morgan fingerprint density at radius 1 is 1.90 bits per heavy atom. The fourth-order valence-corrected chi connectivity index (χ4v) is 1.72. The van der Waals surface area contributed by atoms with Gasteiger partial charge in [0.25, 0.3) is 5.23 Å². The molecule has 1 aliphatic rings. The molecule has 0 aromatic carbocycles. The Morgan fingerprint density at radius 2 is 2.70 bits per heavy atom. The van der Waals surface area contributed by atoms with Crippen molar-refractivity contribution in [2.45, 2.75) is 25.9 Å². The van der Waals surface area contributed by atoms with E-state index in [1.54, 1.807) is 0 Å². The van der Waals surface area contributed by atoms with Crippen molar-refractivity contribution in [2.75, 3.05) is 5.75 Å². The summed E-state index contributed by atoms with van der Waals surface area (Å²) < 4.78 is 5.21. The Kier molecular flexibility index (Phi) is 2.86. The lowest BCUT2D eigenvalue weighted by atomic mass is 10.2. The number of hydrogen-bond donors (Lipinski definition) is 1. The maximum atomic E-state index is 8.29. The van der Waals surface area contributed by atoms with E-state index >= 15 is 0 Å². The van der Waals surface area contributed by atoms with Crippen molar-refractivity contribution >= 4 is 17.0 Å². The number of ether oxygens (including phenoxy) is 1. The van der Waals surface area contributed by atoms with Gasteiger partial charge < -0.3 is 9.94 Å². The summed E-state index contributed by atoms with van der Waals surface area (Å²) in [4.78, 5) is 0. The van der Waals surface area contributed by atoms with Gasteiger partial charge in [-0.05, 0) is 11.6 Å². The van der Waals surface area contributed by atoms with E-state index in [1.807, 2.05) is 0 Å². The quantitative estimate of drug-likeness (QED) is 0.494. The maximum absolute atomic E-state index is 8.29. The van der Waals surface area contributed by atoms with Crippen LogP contribution in [0.5, 0.6) is 0 Å². The van der Waals surface area contributed by atoms with Crippen LogP contribution in [0, 0.1) is 0 Å². The molecule has 0 bridgehead atoms. The Labute approximate surface area is 64.4 Å². The van der Waals surface area contributed by atoms with E-state index in [1.165, 1.54) is 11.8 Å². The van der Waals surface area contributed by atoms with Gasteiger partial charge >= 0.3 is 0 Å². The predicted molar refractivity (Wildman–Crippen MR) is 41.5 cm³/mol. The van der Waals surface area contributed by atoms with E-state index in [0.717, 1.165) is 18.6 Å². The second-order valence-corrected chi connectivity index (χ2v) is 3.18. The van der Waals surface area contributed by atoms with Crippen molar-refractivity contribution in [3.8, 4) is 0 Å². The first-order valence-corrected chi connectivity index (χ1v) is 4.37. The Morgan fingerprint density at radius 3 is 3.20 bits per heavy atom. The van der Waals surface area contributed by atoms with Crippen molar-refractivity contribution in [1.82, 2.24) is 0 Å². The van der Waals surface area contributed by atoms with Crippen LogP contribution < -0.4 is 0 Å². The van der Waals surface area contributed by atoms with E-state index in [0.29, 0.717) is 5.23 Å². The fourth-order valence-electron chi connectivity index (χ4n) is 0.892. The van der Waals surface area contributed by atoms with Crippen LogP contribution in [0.15, 0.2) is 5.16 Å². The third-order valence-electron chi connectivity index (χ3n) is 1.35. The molecule has 58 valence electrons. The number of hydrogen-bond acceptors (Lipinski definition) is 4. The number of nitrogens with zero attached hydrogens (tertiary/aromatic N) is 1. The summed E-state index contributed by atoms with van der Waals surface area (Å²) in [5.74, 6) is 0.924. The molecule has 1 fully saturated rings. The summed E-state index contributed by atoms with van der Waals surface area (Å²) in [5, 5.41) is 11.7. The summed E-state index contributed by atoms with van der Waals surface area (Å²) >= 11 is 1.47. The lowest BCUT2D eigenvalue weighted by molar-refractivity contribution is 0.201. The maximum Gasteiger partial charge on any atom is 0.286 e. The van der Waals surface area contributed by atoms with E-state index in [9.17, 15) is 0 Å². The summed E-state index contributed by atoms with van der Waals surface area (Å²) in [7, 11) is 0. The molecule has 0 amide bonds.